The van der Waals surface area contributed by atoms with Crippen molar-refractivity contribution in [3.8, 4) is 16.9 Å². The van der Waals surface area contributed by atoms with Crippen LogP contribution in [0.3, 0.4) is 0 Å². The first kappa shape index (κ1) is 13.0. The van der Waals surface area contributed by atoms with Gasteiger partial charge in [-0.05, 0) is 49.9 Å². The van der Waals surface area contributed by atoms with Crippen LogP contribution in [-0.4, -0.2) is 12.6 Å². The molecule has 1 heterocycles. The molecule has 1 N–H and O–H groups in total. The molecule has 104 valence electrons. The van der Waals surface area contributed by atoms with E-state index in [-0.39, 0.29) is 6.10 Å². The summed E-state index contributed by atoms with van der Waals surface area (Å²) in [6, 6.07) is 14.9. The van der Waals surface area contributed by atoms with Crippen molar-refractivity contribution in [2.75, 3.05) is 11.9 Å². The van der Waals surface area contributed by atoms with Gasteiger partial charge in [-0.1, -0.05) is 30.3 Å². The lowest BCUT2D eigenvalue weighted by molar-refractivity contribution is 0.242. The van der Waals surface area contributed by atoms with Crippen LogP contribution in [0.5, 0.6) is 5.75 Å². The molecule has 20 heavy (non-hydrogen) atoms. The van der Waals surface area contributed by atoms with Crippen molar-refractivity contribution >= 4 is 5.69 Å². The van der Waals surface area contributed by atoms with Crippen LogP contribution >= 0.6 is 0 Å². The van der Waals surface area contributed by atoms with Gasteiger partial charge in [-0.3, -0.25) is 0 Å². The van der Waals surface area contributed by atoms with Crippen molar-refractivity contribution < 1.29 is 4.74 Å². The average Bonchev–Trinajstić information content (AvgIpc) is 2.46. The van der Waals surface area contributed by atoms with E-state index in [2.05, 4.69) is 55.6 Å². The molecular weight excluding hydrogens is 246 g/mol. The van der Waals surface area contributed by atoms with Crippen molar-refractivity contribution in [3.05, 3.63) is 48.0 Å². The standard InChI is InChI=1S/C18H21NO/c1-13(2)20-16-9-3-7-15(12-16)17-10-4-6-14-8-5-11-19-18(14)17/h3-4,6-7,9-10,12-13,19H,5,8,11H2,1-2H3. The number of hydrogen-bond acceptors (Lipinski definition) is 2. The molecule has 3 rings (SSSR count). The lowest BCUT2D eigenvalue weighted by Gasteiger charge is -2.21. The van der Waals surface area contributed by atoms with Crippen LogP contribution in [0.15, 0.2) is 42.5 Å². The van der Waals surface area contributed by atoms with Crippen LogP contribution in [0.4, 0.5) is 5.69 Å². The number of anilines is 1. The Labute approximate surface area is 120 Å². The number of ether oxygens (including phenoxy) is 1. The van der Waals surface area contributed by atoms with Gasteiger partial charge in [0, 0.05) is 17.8 Å². The summed E-state index contributed by atoms with van der Waals surface area (Å²) in [4.78, 5) is 0. The average molecular weight is 267 g/mol. The summed E-state index contributed by atoms with van der Waals surface area (Å²) < 4.78 is 5.80. The molecule has 1 aliphatic rings. The number of rotatable bonds is 3. The van der Waals surface area contributed by atoms with Crippen molar-refractivity contribution in [2.24, 2.45) is 0 Å². The zero-order valence-corrected chi connectivity index (χ0v) is 12.1. The van der Waals surface area contributed by atoms with E-state index in [1.807, 2.05) is 6.07 Å². The maximum Gasteiger partial charge on any atom is 0.120 e. The van der Waals surface area contributed by atoms with Crippen molar-refractivity contribution in [1.82, 2.24) is 0 Å². The quantitative estimate of drug-likeness (QED) is 0.884. The zero-order valence-electron chi connectivity index (χ0n) is 12.1. The third-order valence-corrected chi connectivity index (χ3v) is 3.59. The van der Waals surface area contributed by atoms with E-state index in [4.69, 9.17) is 4.74 Å². The van der Waals surface area contributed by atoms with E-state index in [1.54, 1.807) is 0 Å². The normalized spacial score (nSPS) is 13.8. The van der Waals surface area contributed by atoms with E-state index in [9.17, 15) is 0 Å². The Morgan fingerprint density at radius 2 is 1.95 bits per heavy atom. The van der Waals surface area contributed by atoms with Gasteiger partial charge in [0.2, 0.25) is 0 Å². The van der Waals surface area contributed by atoms with Gasteiger partial charge in [-0.15, -0.1) is 0 Å². The molecular formula is C18H21NO. The molecule has 2 heteroatoms. The summed E-state index contributed by atoms with van der Waals surface area (Å²) in [6.07, 6.45) is 2.58. The second-order valence-corrected chi connectivity index (χ2v) is 5.56. The predicted octanol–water partition coefficient (Wildman–Crippen LogP) is 4.50. The minimum atomic E-state index is 0.202. The van der Waals surface area contributed by atoms with Gasteiger partial charge in [-0.25, -0.2) is 0 Å². The molecule has 0 fully saturated rings. The van der Waals surface area contributed by atoms with Gasteiger partial charge in [-0.2, -0.15) is 0 Å². The Morgan fingerprint density at radius 3 is 2.80 bits per heavy atom. The van der Waals surface area contributed by atoms with Crippen LogP contribution in [0.25, 0.3) is 11.1 Å². The van der Waals surface area contributed by atoms with Crippen molar-refractivity contribution in [3.63, 3.8) is 0 Å². The zero-order chi connectivity index (χ0) is 13.9. The van der Waals surface area contributed by atoms with E-state index >= 15 is 0 Å². The number of para-hydroxylation sites is 1. The molecule has 0 atom stereocenters. The molecule has 0 saturated carbocycles. The number of nitrogens with one attached hydrogen (secondary N) is 1. The maximum atomic E-state index is 5.80. The largest absolute Gasteiger partial charge is 0.491 e. The first-order chi connectivity index (χ1) is 9.74. The highest BCUT2D eigenvalue weighted by Gasteiger charge is 2.13. The highest BCUT2D eigenvalue weighted by Crippen LogP contribution is 2.35. The van der Waals surface area contributed by atoms with Crippen LogP contribution in [0, 0.1) is 0 Å². The van der Waals surface area contributed by atoms with Crippen molar-refractivity contribution in [2.45, 2.75) is 32.8 Å². The molecule has 0 bridgehead atoms. The summed E-state index contributed by atoms with van der Waals surface area (Å²) in [6.45, 7) is 5.17. The van der Waals surface area contributed by atoms with E-state index < -0.39 is 0 Å². The number of hydrogen-bond donors (Lipinski definition) is 1. The minimum absolute atomic E-state index is 0.202. The molecule has 0 amide bonds. The summed E-state index contributed by atoms with van der Waals surface area (Å²) in [5, 5.41) is 3.55. The molecule has 1 aliphatic heterocycles. The number of aryl methyl sites for hydroxylation is 1. The third kappa shape index (κ3) is 2.64. The monoisotopic (exact) mass is 267 g/mol. The number of benzene rings is 2. The molecule has 0 aliphatic carbocycles. The van der Waals surface area contributed by atoms with E-state index in [1.165, 1.54) is 35.2 Å². The fourth-order valence-corrected chi connectivity index (χ4v) is 2.76. The van der Waals surface area contributed by atoms with Gasteiger partial charge in [0.1, 0.15) is 5.75 Å². The van der Waals surface area contributed by atoms with E-state index in [0.29, 0.717) is 0 Å². The Balaban J connectivity index is 2.01. The minimum Gasteiger partial charge on any atom is -0.491 e. The Bertz CT molecular complexity index is 604. The summed E-state index contributed by atoms with van der Waals surface area (Å²) in [5.41, 5.74) is 5.20. The van der Waals surface area contributed by atoms with Crippen LogP contribution in [0.1, 0.15) is 25.8 Å². The Hall–Kier alpha value is -1.96. The van der Waals surface area contributed by atoms with Gasteiger partial charge in [0.05, 0.1) is 6.10 Å². The smallest absolute Gasteiger partial charge is 0.120 e. The molecule has 0 saturated heterocycles. The Kier molecular flexibility index (Phi) is 3.64. The number of fused-ring (bicyclic) bond motifs is 1. The van der Waals surface area contributed by atoms with E-state index in [0.717, 1.165) is 12.3 Å². The van der Waals surface area contributed by atoms with Crippen LogP contribution < -0.4 is 10.1 Å². The first-order valence-corrected chi connectivity index (χ1v) is 7.37. The maximum absolute atomic E-state index is 5.80. The topological polar surface area (TPSA) is 21.3 Å². The van der Waals surface area contributed by atoms with Gasteiger partial charge >= 0.3 is 0 Å². The highest BCUT2D eigenvalue weighted by molar-refractivity contribution is 5.81. The summed E-state index contributed by atoms with van der Waals surface area (Å²) >= 11 is 0. The molecule has 2 aromatic rings. The van der Waals surface area contributed by atoms with Gasteiger partial charge < -0.3 is 10.1 Å². The molecule has 0 unspecified atom stereocenters. The highest BCUT2D eigenvalue weighted by atomic mass is 16.5. The summed E-state index contributed by atoms with van der Waals surface area (Å²) in [7, 11) is 0. The lowest BCUT2D eigenvalue weighted by Crippen LogP contribution is -2.12. The lowest BCUT2D eigenvalue weighted by atomic mass is 9.95. The molecule has 2 nitrogen and oxygen atoms in total. The molecule has 0 spiro atoms. The third-order valence-electron chi connectivity index (χ3n) is 3.59. The fraction of sp³-hybridized carbons (Fsp3) is 0.333. The van der Waals surface area contributed by atoms with Crippen LogP contribution in [0.2, 0.25) is 0 Å². The molecule has 0 radical (unpaired) electrons. The van der Waals surface area contributed by atoms with Crippen LogP contribution in [-0.2, 0) is 6.42 Å². The molecule has 0 aromatic heterocycles. The SMILES string of the molecule is CC(C)Oc1cccc(-c2cccc3c2NCCC3)c1. The second-order valence-electron chi connectivity index (χ2n) is 5.56. The predicted molar refractivity (Wildman–Crippen MR) is 84.5 cm³/mol. The second kappa shape index (κ2) is 5.58. The summed E-state index contributed by atoms with van der Waals surface area (Å²) in [5.74, 6) is 0.936. The Morgan fingerprint density at radius 1 is 1.10 bits per heavy atom. The fourth-order valence-electron chi connectivity index (χ4n) is 2.76. The van der Waals surface area contributed by atoms with Crippen molar-refractivity contribution in [1.29, 1.82) is 0 Å². The van der Waals surface area contributed by atoms with Gasteiger partial charge in [0.25, 0.3) is 0 Å². The van der Waals surface area contributed by atoms with Gasteiger partial charge in [0.15, 0.2) is 0 Å². The molecule has 2 aromatic carbocycles. The first-order valence-electron chi connectivity index (χ1n) is 7.37.